The standard InChI is InChI=1S/C18H25FN2O2/c1-4-13(2)20(3)17(22)15-9-11-21(12-10-15)18(23)14-5-7-16(19)8-6-14/h5-8,13,15H,4,9-12H2,1-3H3. The molecule has 0 radical (unpaired) electrons. The first-order valence-electron chi connectivity index (χ1n) is 8.25. The topological polar surface area (TPSA) is 40.6 Å². The molecule has 5 heteroatoms. The fourth-order valence-corrected chi connectivity index (χ4v) is 2.88. The van der Waals surface area contributed by atoms with Crippen LogP contribution >= 0.6 is 0 Å². The van der Waals surface area contributed by atoms with Crippen molar-refractivity contribution in [1.29, 1.82) is 0 Å². The number of amides is 2. The van der Waals surface area contributed by atoms with Crippen LogP contribution in [-0.4, -0.2) is 47.8 Å². The van der Waals surface area contributed by atoms with Crippen molar-refractivity contribution in [1.82, 2.24) is 9.80 Å². The molecule has 1 heterocycles. The predicted molar refractivity (Wildman–Crippen MR) is 87.6 cm³/mol. The van der Waals surface area contributed by atoms with Crippen LogP contribution in [0.1, 0.15) is 43.5 Å². The Morgan fingerprint density at radius 1 is 1.26 bits per heavy atom. The highest BCUT2D eigenvalue weighted by Gasteiger charge is 2.30. The van der Waals surface area contributed by atoms with Crippen molar-refractivity contribution < 1.29 is 14.0 Å². The highest BCUT2D eigenvalue weighted by atomic mass is 19.1. The fraction of sp³-hybridized carbons (Fsp3) is 0.556. The number of likely N-dealkylation sites (tertiary alicyclic amines) is 1. The number of hydrogen-bond donors (Lipinski definition) is 0. The van der Waals surface area contributed by atoms with Crippen molar-refractivity contribution in [3.8, 4) is 0 Å². The second-order valence-corrected chi connectivity index (χ2v) is 6.28. The lowest BCUT2D eigenvalue weighted by Crippen LogP contribution is -2.45. The van der Waals surface area contributed by atoms with E-state index < -0.39 is 0 Å². The van der Waals surface area contributed by atoms with E-state index in [-0.39, 0.29) is 29.6 Å². The minimum atomic E-state index is -0.348. The number of nitrogens with zero attached hydrogens (tertiary/aromatic N) is 2. The van der Waals surface area contributed by atoms with Crippen LogP contribution in [0.15, 0.2) is 24.3 Å². The molecule has 0 bridgehead atoms. The molecule has 0 saturated carbocycles. The van der Waals surface area contributed by atoms with Gasteiger partial charge >= 0.3 is 0 Å². The van der Waals surface area contributed by atoms with Crippen molar-refractivity contribution in [2.75, 3.05) is 20.1 Å². The van der Waals surface area contributed by atoms with Gasteiger partial charge in [-0.25, -0.2) is 4.39 Å². The first-order valence-corrected chi connectivity index (χ1v) is 8.25. The summed E-state index contributed by atoms with van der Waals surface area (Å²) in [5.41, 5.74) is 0.493. The first kappa shape index (κ1) is 17.4. The van der Waals surface area contributed by atoms with E-state index >= 15 is 0 Å². The third-order valence-electron chi connectivity index (χ3n) is 4.82. The monoisotopic (exact) mass is 320 g/mol. The lowest BCUT2D eigenvalue weighted by Gasteiger charge is -2.34. The summed E-state index contributed by atoms with van der Waals surface area (Å²) < 4.78 is 12.9. The number of carbonyl (C=O) groups excluding carboxylic acids is 2. The summed E-state index contributed by atoms with van der Waals surface area (Å²) in [6.45, 7) is 5.26. The highest BCUT2D eigenvalue weighted by molar-refractivity contribution is 5.94. The average Bonchev–Trinajstić information content (AvgIpc) is 2.60. The molecule has 1 unspecified atom stereocenters. The summed E-state index contributed by atoms with van der Waals surface area (Å²) in [4.78, 5) is 28.4. The van der Waals surface area contributed by atoms with E-state index in [0.29, 0.717) is 31.5 Å². The summed E-state index contributed by atoms with van der Waals surface area (Å²) in [5.74, 6) is -0.274. The lowest BCUT2D eigenvalue weighted by molar-refractivity contribution is -0.137. The quantitative estimate of drug-likeness (QED) is 0.856. The smallest absolute Gasteiger partial charge is 0.253 e. The number of hydrogen-bond acceptors (Lipinski definition) is 2. The van der Waals surface area contributed by atoms with Gasteiger partial charge < -0.3 is 9.80 Å². The van der Waals surface area contributed by atoms with Crippen molar-refractivity contribution in [3.05, 3.63) is 35.6 Å². The van der Waals surface area contributed by atoms with Gasteiger partial charge in [0, 0.05) is 37.7 Å². The van der Waals surface area contributed by atoms with E-state index in [0.717, 1.165) is 6.42 Å². The van der Waals surface area contributed by atoms with E-state index in [1.807, 2.05) is 18.9 Å². The third kappa shape index (κ3) is 4.09. The van der Waals surface area contributed by atoms with Crippen molar-refractivity contribution >= 4 is 11.8 Å². The highest BCUT2D eigenvalue weighted by Crippen LogP contribution is 2.22. The summed E-state index contributed by atoms with van der Waals surface area (Å²) in [5, 5.41) is 0. The molecule has 1 aromatic rings. The van der Waals surface area contributed by atoms with E-state index in [4.69, 9.17) is 0 Å². The van der Waals surface area contributed by atoms with Gasteiger partial charge in [0.05, 0.1) is 0 Å². The summed E-state index contributed by atoms with van der Waals surface area (Å²) >= 11 is 0. The van der Waals surface area contributed by atoms with Crippen LogP contribution in [0, 0.1) is 11.7 Å². The van der Waals surface area contributed by atoms with E-state index in [2.05, 4.69) is 6.92 Å². The molecule has 126 valence electrons. The second-order valence-electron chi connectivity index (χ2n) is 6.28. The Balaban J connectivity index is 1.92. The molecule has 1 aromatic carbocycles. The predicted octanol–water partition coefficient (Wildman–Crippen LogP) is 2.93. The molecule has 2 rings (SSSR count). The van der Waals surface area contributed by atoms with Crippen LogP contribution in [0.4, 0.5) is 4.39 Å². The van der Waals surface area contributed by atoms with Crippen LogP contribution in [0.3, 0.4) is 0 Å². The molecule has 0 aliphatic carbocycles. The molecule has 1 aliphatic rings. The molecule has 1 saturated heterocycles. The number of carbonyl (C=O) groups is 2. The number of rotatable bonds is 4. The Morgan fingerprint density at radius 2 is 1.83 bits per heavy atom. The maximum atomic E-state index is 12.9. The summed E-state index contributed by atoms with van der Waals surface area (Å²) in [6, 6.07) is 5.84. The number of benzene rings is 1. The molecule has 1 atom stereocenters. The molecule has 23 heavy (non-hydrogen) atoms. The van der Waals surface area contributed by atoms with Gasteiger partial charge in [0.25, 0.3) is 5.91 Å². The average molecular weight is 320 g/mol. The minimum absolute atomic E-state index is 0.00809. The largest absolute Gasteiger partial charge is 0.343 e. The number of halogens is 1. The molecular weight excluding hydrogens is 295 g/mol. The molecule has 0 spiro atoms. The zero-order valence-corrected chi connectivity index (χ0v) is 14.1. The Morgan fingerprint density at radius 3 is 2.35 bits per heavy atom. The van der Waals surface area contributed by atoms with E-state index in [9.17, 15) is 14.0 Å². The second kappa shape index (κ2) is 7.57. The van der Waals surface area contributed by atoms with Gasteiger partial charge in [-0.2, -0.15) is 0 Å². The molecule has 2 amide bonds. The molecule has 4 nitrogen and oxygen atoms in total. The Labute approximate surface area is 137 Å². The molecule has 1 fully saturated rings. The molecule has 1 aliphatic heterocycles. The zero-order valence-electron chi connectivity index (χ0n) is 14.1. The van der Waals surface area contributed by atoms with Gasteiger partial charge in [0.15, 0.2) is 0 Å². The SMILES string of the molecule is CCC(C)N(C)C(=O)C1CCN(C(=O)c2ccc(F)cc2)CC1. The normalized spacial score (nSPS) is 17.0. The van der Waals surface area contributed by atoms with Crippen LogP contribution in [0.2, 0.25) is 0 Å². The maximum Gasteiger partial charge on any atom is 0.253 e. The van der Waals surface area contributed by atoms with Crippen LogP contribution < -0.4 is 0 Å². The molecule has 0 N–H and O–H groups in total. The Bertz CT molecular complexity index is 551. The van der Waals surface area contributed by atoms with Gasteiger partial charge in [-0.1, -0.05) is 6.92 Å². The lowest BCUT2D eigenvalue weighted by atomic mass is 9.94. The van der Waals surface area contributed by atoms with Crippen molar-refractivity contribution in [2.24, 2.45) is 5.92 Å². The Kier molecular flexibility index (Phi) is 5.74. The van der Waals surface area contributed by atoms with Gasteiger partial charge in [-0.15, -0.1) is 0 Å². The van der Waals surface area contributed by atoms with Crippen LogP contribution in [0.5, 0.6) is 0 Å². The van der Waals surface area contributed by atoms with Gasteiger partial charge in [0.1, 0.15) is 5.82 Å². The van der Waals surface area contributed by atoms with Crippen molar-refractivity contribution in [2.45, 2.75) is 39.2 Å². The summed E-state index contributed by atoms with van der Waals surface area (Å²) in [6.07, 6.45) is 2.31. The van der Waals surface area contributed by atoms with Crippen LogP contribution in [-0.2, 0) is 4.79 Å². The van der Waals surface area contributed by atoms with Crippen LogP contribution in [0.25, 0.3) is 0 Å². The first-order chi connectivity index (χ1) is 10.9. The van der Waals surface area contributed by atoms with E-state index in [1.54, 1.807) is 4.90 Å². The zero-order chi connectivity index (χ0) is 17.0. The summed E-state index contributed by atoms with van der Waals surface area (Å²) in [7, 11) is 1.85. The maximum absolute atomic E-state index is 12.9. The minimum Gasteiger partial charge on any atom is -0.343 e. The van der Waals surface area contributed by atoms with Gasteiger partial charge in [0.2, 0.25) is 5.91 Å². The Hall–Kier alpha value is -1.91. The van der Waals surface area contributed by atoms with Gasteiger partial charge in [-0.3, -0.25) is 9.59 Å². The van der Waals surface area contributed by atoms with E-state index in [1.165, 1.54) is 24.3 Å². The van der Waals surface area contributed by atoms with Crippen molar-refractivity contribution in [3.63, 3.8) is 0 Å². The number of piperidine rings is 1. The molecule has 0 aromatic heterocycles. The molecular formula is C18H25FN2O2. The fourth-order valence-electron chi connectivity index (χ4n) is 2.88. The third-order valence-corrected chi connectivity index (χ3v) is 4.82. The van der Waals surface area contributed by atoms with Gasteiger partial charge in [-0.05, 0) is 50.5 Å².